The number of hydrogen-bond acceptors (Lipinski definition) is 2. The molecule has 0 aliphatic carbocycles. The van der Waals surface area contributed by atoms with Crippen LogP contribution in [0.15, 0.2) is 22.7 Å². The van der Waals surface area contributed by atoms with Gasteiger partial charge in [-0.25, -0.2) is 0 Å². The maximum atomic E-state index is 11.4. The Labute approximate surface area is 105 Å². The predicted molar refractivity (Wildman–Crippen MR) is 69.9 cm³/mol. The lowest BCUT2D eigenvalue weighted by Gasteiger charge is -2.35. The molecule has 0 amide bonds. The smallest absolute Gasteiger partial charge is 0.136 e. The fourth-order valence-electron chi connectivity index (χ4n) is 2.21. The minimum Gasteiger partial charge on any atom is -0.367 e. The second-order valence-electron chi connectivity index (χ2n) is 4.49. The molecule has 1 aromatic carbocycles. The van der Waals surface area contributed by atoms with Gasteiger partial charge < -0.3 is 4.90 Å². The highest BCUT2D eigenvalue weighted by molar-refractivity contribution is 9.10. The number of Topliss-reactive ketones (excluding diaryl/α,β-unsaturated/α-hetero) is 1. The van der Waals surface area contributed by atoms with Crippen molar-refractivity contribution in [2.24, 2.45) is 0 Å². The van der Waals surface area contributed by atoms with E-state index in [1.165, 1.54) is 11.3 Å². The summed E-state index contributed by atoms with van der Waals surface area (Å²) in [6.45, 7) is 5.03. The Balaban J connectivity index is 2.26. The maximum Gasteiger partial charge on any atom is 0.136 e. The lowest BCUT2D eigenvalue weighted by atomic mass is 10.0. The number of carbonyl (C=O) groups excluding carboxylic acids is 1. The fourth-order valence-corrected chi connectivity index (χ4v) is 2.93. The molecule has 1 aliphatic rings. The van der Waals surface area contributed by atoms with Crippen LogP contribution in [0.25, 0.3) is 0 Å². The number of piperidine rings is 1. The molecule has 0 aromatic heterocycles. The van der Waals surface area contributed by atoms with E-state index < -0.39 is 0 Å². The maximum absolute atomic E-state index is 11.4. The largest absolute Gasteiger partial charge is 0.367 e. The number of hydrogen-bond donors (Lipinski definition) is 0. The van der Waals surface area contributed by atoms with Crippen LogP contribution in [0.4, 0.5) is 5.69 Å². The van der Waals surface area contributed by atoms with E-state index in [4.69, 9.17) is 0 Å². The van der Waals surface area contributed by atoms with Crippen LogP contribution in [-0.4, -0.2) is 18.4 Å². The second-order valence-corrected chi connectivity index (χ2v) is 5.34. The van der Waals surface area contributed by atoms with Crippen molar-refractivity contribution in [2.75, 3.05) is 11.4 Å². The van der Waals surface area contributed by atoms with E-state index in [9.17, 15) is 4.79 Å². The van der Waals surface area contributed by atoms with E-state index in [-0.39, 0.29) is 0 Å². The third-order valence-electron chi connectivity index (χ3n) is 3.10. The molecule has 2 rings (SSSR count). The summed E-state index contributed by atoms with van der Waals surface area (Å²) in [7, 11) is 0. The third-order valence-corrected chi connectivity index (χ3v) is 3.73. The van der Waals surface area contributed by atoms with Crippen molar-refractivity contribution in [1.82, 2.24) is 0 Å². The van der Waals surface area contributed by atoms with E-state index >= 15 is 0 Å². The van der Waals surface area contributed by atoms with Crippen LogP contribution in [0, 0.1) is 6.92 Å². The monoisotopic (exact) mass is 281 g/mol. The molecule has 16 heavy (non-hydrogen) atoms. The number of nitrogens with zero attached hydrogens (tertiary/aromatic N) is 1. The first-order chi connectivity index (χ1) is 7.58. The van der Waals surface area contributed by atoms with E-state index in [1.807, 2.05) is 0 Å². The minimum atomic E-state index is 0.306. The number of ketones is 1. The number of aryl methyl sites for hydroxylation is 1. The van der Waals surface area contributed by atoms with Gasteiger partial charge in [-0.15, -0.1) is 0 Å². The number of rotatable bonds is 1. The van der Waals surface area contributed by atoms with Gasteiger partial charge in [0.25, 0.3) is 0 Å². The highest BCUT2D eigenvalue weighted by atomic mass is 79.9. The Hall–Kier alpha value is -0.830. The summed E-state index contributed by atoms with van der Waals surface area (Å²) in [5, 5.41) is 0. The van der Waals surface area contributed by atoms with Crippen molar-refractivity contribution < 1.29 is 4.79 Å². The van der Waals surface area contributed by atoms with Gasteiger partial charge in [-0.1, -0.05) is 6.07 Å². The molecule has 1 saturated heterocycles. The normalized spacial score (nSPS) is 21.3. The Bertz CT molecular complexity index is 416. The number of benzene rings is 1. The summed E-state index contributed by atoms with van der Waals surface area (Å²) in [4.78, 5) is 13.7. The fraction of sp³-hybridized carbons (Fsp3) is 0.462. The summed E-state index contributed by atoms with van der Waals surface area (Å²) in [6.07, 6.45) is 1.34. The van der Waals surface area contributed by atoms with E-state index in [1.54, 1.807) is 0 Å². The first-order valence-corrected chi connectivity index (χ1v) is 6.41. The molecular weight excluding hydrogens is 266 g/mol. The van der Waals surface area contributed by atoms with Crippen molar-refractivity contribution in [2.45, 2.75) is 32.7 Å². The molecule has 1 aliphatic heterocycles. The Morgan fingerprint density at radius 3 is 2.81 bits per heavy atom. The van der Waals surface area contributed by atoms with Crippen LogP contribution in [0.2, 0.25) is 0 Å². The zero-order chi connectivity index (χ0) is 11.7. The first-order valence-electron chi connectivity index (χ1n) is 5.62. The zero-order valence-corrected chi connectivity index (χ0v) is 11.3. The zero-order valence-electron chi connectivity index (χ0n) is 9.66. The molecule has 0 N–H and O–H groups in total. The highest BCUT2D eigenvalue weighted by Gasteiger charge is 2.24. The van der Waals surface area contributed by atoms with Crippen molar-refractivity contribution in [3.8, 4) is 0 Å². The number of halogens is 1. The van der Waals surface area contributed by atoms with Crippen molar-refractivity contribution in [3.05, 3.63) is 28.2 Å². The standard InChI is InChI=1S/C13H16BrNO/c1-9-3-4-13(12(14)7-9)15-6-5-11(16)8-10(15)2/h3-4,7,10H,5-6,8H2,1-2H3. The van der Waals surface area contributed by atoms with E-state index in [2.05, 4.69) is 52.9 Å². The minimum absolute atomic E-state index is 0.306. The Kier molecular flexibility index (Phi) is 3.33. The van der Waals surface area contributed by atoms with E-state index in [0.29, 0.717) is 24.7 Å². The van der Waals surface area contributed by atoms with Crippen LogP contribution >= 0.6 is 15.9 Å². The van der Waals surface area contributed by atoms with Gasteiger partial charge in [0.2, 0.25) is 0 Å². The molecule has 0 saturated carbocycles. The molecular formula is C13H16BrNO. The van der Waals surface area contributed by atoms with Gasteiger partial charge in [0, 0.05) is 29.9 Å². The molecule has 1 heterocycles. The van der Waals surface area contributed by atoms with Crippen molar-refractivity contribution >= 4 is 27.4 Å². The molecule has 1 fully saturated rings. The molecule has 3 heteroatoms. The van der Waals surface area contributed by atoms with Gasteiger partial charge in [0.15, 0.2) is 0 Å². The van der Waals surface area contributed by atoms with Crippen molar-refractivity contribution in [1.29, 1.82) is 0 Å². The Morgan fingerprint density at radius 2 is 2.19 bits per heavy atom. The lowest BCUT2D eigenvalue weighted by Crippen LogP contribution is -2.41. The van der Waals surface area contributed by atoms with Gasteiger partial charge >= 0.3 is 0 Å². The Morgan fingerprint density at radius 1 is 1.44 bits per heavy atom. The number of carbonyl (C=O) groups is 1. The summed E-state index contributed by atoms with van der Waals surface area (Å²) < 4.78 is 1.12. The third kappa shape index (κ3) is 2.29. The quantitative estimate of drug-likeness (QED) is 0.787. The number of anilines is 1. The molecule has 1 atom stereocenters. The molecule has 1 unspecified atom stereocenters. The molecule has 0 radical (unpaired) electrons. The van der Waals surface area contributed by atoms with Gasteiger partial charge in [-0.2, -0.15) is 0 Å². The van der Waals surface area contributed by atoms with Gasteiger partial charge in [0.05, 0.1) is 5.69 Å². The van der Waals surface area contributed by atoms with Crippen LogP contribution in [0.5, 0.6) is 0 Å². The van der Waals surface area contributed by atoms with E-state index in [0.717, 1.165) is 11.0 Å². The summed E-state index contributed by atoms with van der Waals surface area (Å²) in [5.41, 5.74) is 2.45. The average Bonchev–Trinajstić information content (AvgIpc) is 2.19. The molecule has 0 spiro atoms. The summed E-state index contributed by atoms with van der Waals surface area (Å²) >= 11 is 3.60. The topological polar surface area (TPSA) is 20.3 Å². The van der Waals surface area contributed by atoms with Crippen molar-refractivity contribution in [3.63, 3.8) is 0 Å². The molecule has 1 aromatic rings. The molecule has 0 bridgehead atoms. The van der Waals surface area contributed by atoms with Gasteiger partial charge in [-0.05, 0) is 47.5 Å². The SMILES string of the molecule is Cc1ccc(N2CCC(=O)CC2C)c(Br)c1. The molecule has 86 valence electrons. The summed E-state index contributed by atoms with van der Waals surface area (Å²) in [5.74, 6) is 0.381. The molecule has 2 nitrogen and oxygen atoms in total. The first kappa shape index (κ1) is 11.6. The summed E-state index contributed by atoms with van der Waals surface area (Å²) in [6, 6.07) is 6.67. The highest BCUT2D eigenvalue weighted by Crippen LogP contribution is 2.31. The van der Waals surface area contributed by atoms with Crippen LogP contribution in [-0.2, 0) is 4.79 Å². The van der Waals surface area contributed by atoms with Crippen LogP contribution in [0.3, 0.4) is 0 Å². The predicted octanol–water partition coefficient (Wildman–Crippen LogP) is 3.32. The van der Waals surface area contributed by atoms with Crippen LogP contribution < -0.4 is 4.90 Å². The van der Waals surface area contributed by atoms with Crippen LogP contribution in [0.1, 0.15) is 25.3 Å². The van der Waals surface area contributed by atoms with Gasteiger partial charge in [-0.3, -0.25) is 4.79 Å². The lowest BCUT2D eigenvalue weighted by molar-refractivity contribution is -0.120. The van der Waals surface area contributed by atoms with Gasteiger partial charge in [0.1, 0.15) is 5.78 Å². The second kappa shape index (κ2) is 4.58. The average molecular weight is 282 g/mol.